The van der Waals surface area contributed by atoms with Gasteiger partial charge in [-0.2, -0.15) is 5.26 Å². The average Bonchev–Trinajstić information content (AvgIpc) is 2.87. The van der Waals surface area contributed by atoms with Crippen molar-refractivity contribution in [2.75, 3.05) is 18.4 Å². The number of aromatic nitrogens is 1. The molecule has 1 amide bonds. The van der Waals surface area contributed by atoms with Crippen molar-refractivity contribution in [2.24, 2.45) is 5.41 Å². The van der Waals surface area contributed by atoms with E-state index < -0.39 is 0 Å². The van der Waals surface area contributed by atoms with E-state index in [0.717, 1.165) is 80.2 Å². The molecule has 5 heteroatoms. The highest BCUT2D eigenvalue weighted by atomic mass is 16.2. The van der Waals surface area contributed by atoms with Gasteiger partial charge in [0.2, 0.25) is 5.91 Å². The zero-order chi connectivity index (χ0) is 22.7. The molecule has 33 heavy (non-hydrogen) atoms. The Kier molecular flexibility index (Phi) is 6.11. The van der Waals surface area contributed by atoms with Gasteiger partial charge < -0.3 is 5.32 Å². The van der Waals surface area contributed by atoms with Gasteiger partial charge in [-0.3, -0.25) is 14.7 Å². The van der Waals surface area contributed by atoms with Crippen molar-refractivity contribution in [2.45, 2.75) is 51.5 Å². The van der Waals surface area contributed by atoms with Crippen molar-refractivity contribution in [1.82, 2.24) is 9.88 Å². The van der Waals surface area contributed by atoms with Gasteiger partial charge in [0.15, 0.2) is 0 Å². The second-order valence-electron chi connectivity index (χ2n) is 9.57. The molecule has 3 aromatic rings. The molecule has 1 aliphatic carbocycles. The third-order valence-corrected chi connectivity index (χ3v) is 7.55. The summed E-state index contributed by atoms with van der Waals surface area (Å²) in [5, 5.41) is 14.5. The van der Waals surface area contributed by atoms with Gasteiger partial charge in [-0.05, 0) is 67.6 Å². The second-order valence-corrected chi connectivity index (χ2v) is 9.57. The molecule has 1 fully saturated rings. The first kappa shape index (κ1) is 21.6. The molecule has 0 spiro atoms. The number of nitrogens with zero attached hydrogens (tertiary/aromatic N) is 3. The number of carbonyl (C=O) groups excluding carboxylic acids is 1. The molecule has 0 atom stereocenters. The van der Waals surface area contributed by atoms with Crippen molar-refractivity contribution >= 4 is 22.4 Å². The molecule has 2 aliphatic rings. The van der Waals surface area contributed by atoms with Gasteiger partial charge in [0.25, 0.3) is 0 Å². The maximum atomic E-state index is 13.7. The lowest BCUT2D eigenvalue weighted by Gasteiger charge is -2.38. The number of fused-ring (bicyclic) bond motifs is 2. The van der Waals surface area contributed by atoms with Gasteiger partial charge in [-0.1, -0.05) is 37.5 Å². The molecule has 2 heterocycles. The van der Waals surface area contributed by atoms with Crippen molar-refractivity contribution in [3.05, 3.63) is 71.5 Å². The first-order chi connectivity index (χ1) is 16.2. The maximum absolute atomic E-state index is 13.7. The Bertz CT molecular complexity index is 1200. The summed E-state index contributed by atoms with van der Waals surface area (Å²) in [5.74, 6) is 0.169. The fourth-order valence-corrected chi connectivity index (χ4v) is 5.55. The lowest BCUT2D eigenvalue weighted by molar-refractivity contribution is -0.128. The highest BCUT2D eigenvalue weighted by Gasteiger charge is 2.39. The van der Waals surface area contributed by atoms with Crippen LogP contribution in [-0.2, 0) is 17.8 Å². The second kappa shape index (κ2) is 9.33. The topological polar surface area (TPSA) is 69.0 Å². The summed E-state index contributed by atoms with van der Waals surface area (Å²) in [4.78, 5) is 20.4. The minimum Gasteiger partial charge on any atom is -0.325 e. The van der Waals surface area contributed by atoms with Crippen LogP contribution >= 0.6 is 0 Å². The molecule has 0 unspecified atom stereocenters. The third-order valence-electron chi connectivity index (χ3n) is 7.55. The SMILES string of the molecule is N#Cc1ccc2c(c1)CCN(CCC1(C(=O)Nc3cccc4cnccc34)CCCCC1)C2. The normalized spacial score (nSPS) is 17.8. The molecule has 0 radical (unpaired) electrons. The van der Waals surface area contributed by atoms with Gasteiger partial charge in [0.1, 0.15) is 0 Å². The van der Waals surface area contributed by atoms with Crippen LogP contribution in [0.3, 0.4) is 0 Å². The van der Waals surface area contributed by atoms with Crippen LogP contribution in [0.4, 0.5) is 5.69 Å². The fraction of sp³-hybridized carbons (Fsp3) is 0.393. The predicted octanol–water partition coefficient (Wildman–Crippen LogP) is 5.44. The smallest absolute Gasteiger partial charge is 0.230 e. The molecule has 168 valence electrons. The molecular weight excluding hydrogens is 408 g/mol. The Hall–Kier alpha value is -3.23. The number of rotatable bonds is 5. The van der Waals surface area contributed by atoms with Crippen LogP contribution in [0, 0.1) is 16.7 Å². The number of carbonyl (C=O) groups is 1. The molecule has 1 saturated carbocycles. The summed E-state index contributed by atoms with van der Waals surface area (Å²) in [7, 11) is 0. The molecule has 0 bridgehead atoms. The van der Waals surface area contributed by atoms with E-state index in [1.165, 1.54) is 17.5 Å². The number of hydrogen-bond donors (Lipinski definition) is 1. The van der Waals surface area contributed by atoms with Crippen molar-refractivity contribution in [1.29, 1.82) is 5.26 Å². The van der Waals surface area contributed by atoms with Crippen LogP contribution in [0.5, 0.6) is 0 Å². The molecule has 1 aromatic heterocycles. The first-order valence-electron chi connectivity index (χ1n) is 12.1. The lowest BCUT2D eigenvalue weighted by atomic mass is 9.71. The standard InChI is InChI=1S/C28H30N4O/c29-18-21-7-8-24-20-32(15-10-22(24)17-21)16-13-28(11-2-1-3-12-28)27(33)31-26-6-4-5-23-19-30-14-9-25(23)26/h4-9,14,17,19H,1-3,10-13,15-16,20H2,(H,31,33). The highest BCUT2D eigenvalue weighted by Crippen LogP contribution is 2.41. The van der Waals surface area contributed by atoms with Crippen molar-refractivity contribution in [3.8, 4) is 6.07 Å². The van der Waals surface area contributed by atoms with Crippen LogP contribution in [0.1, 0.15) is 55.2 Å². The summed E-state index contributed by atoms with van der Waals surface area (Å²) in [6, 6.07) is 16.3. The van der Waals surface area contributed by atoms with Gasteiger partial charge in [-0.25, -0.2) is 0 Å². The number of pyridine rings is 1. The number of anilines is 1. The van der Waals surface area contributed by atoms with E-state index in [1.54, 1.807) is 6.20 Å². The summed E-state index contributed by atoms with van der Waals surface area (Å²) in [6.45, 7) is 2.80. The summed E-state index contributed by atoms with van der Waals surface area (Å²) >= 11 is 0. The van der Waals surface area contributed by atoms with E-state index >= 15 is 0 Å². The van der Waals surface area contributed by atoms with Crippen LogP contribution in [0.25, 0.3) is 10.8 Å². The summed E-state index contributed by atoms with van der Waals surface area (Å²) < 4.78 is 0. The van der Waals surface area contributed by atoms with E-state index in [2.05, 4.69) is 27.3 Å². The number of benzene rings is 2. The van der Waals surface area contributed by atoms with Crippen LogP contribution in [-0.4, -0.2) is 28.9 Å². The molecule has 5 nitrogen and oxygen atoms in total. The van der Waals surface area contributed by atoms with E-state index in [4.69, 9.17) is 5.26 Å². The van der Waals surface area contributed by atoms with Crippen molar-refractivity contribution < 1.29 is 4.79 Å². The fourth-order valence-electron chi connectivity index (χ4n) is 5.55. The van der Waals surface area contributed by atoms with Crippen LogP contribution < -0.4 is 5.32 Å². The lowest BCUT2D eigenvalue weighted by Crippen LogP contribution is -2.42. The average molecular weight is 439 g/mol. The zero-order valence-electron chi connectivity index (χ0n) is 19.0. The molecule has 1 aliphatic heterocycles. The third kappa shape index (κ3) is 4.49. The molecule has 2 aromatic carbocycles. The summed E-state index contributed by atoms with van der Waals surface area (Å²) in [5.41, 5.74) is 3.92. The Labute approximate surface area is 195 Å². The van der Waals surface area contributed by atoms with Gasteiger partial charge in [0.05, 0.1) is 17.0 Å². The molecule has 0 saturated heterocycles. The molecular formula is C28H30N4O. The predicted molar refractivity (Wildman–Crippen MR) is 131 cm³/mol. The Balaban J connectivity index is 1.30. The van der Waals surface area contributed by atoms with Crippen LogP contribution in [0.15, 0.2) is 54.9 Å². The number of nitriles is 1. The number of nitrogens with one attached hydrogen (secondary N) is 1. The van der Waals surface area contributed by atoms with Gasteiger partial charge in [0, 0.05) is 41.9 Å². The van der Waals surface area contributed by atoms with Gasteiger partial charge >= 0.3 is 0 Å². The first-order valence-corrected chi connectivity index (χ1v) is 12.1. The minimum atomic E-state index is -0.307. The quantitative estimate of drug-likeness (QED) is 0.576. The Morgan fingerprint density at radius 2 is 2.00 bits per heavy atom. The van der Waals surface area contributed by atoms with E-state index in [9.17, 15) is 4.79 Å². The number of amides is 1. The minimum absolute atomic E-state index is 0.169. The zero-order valence-corrected chi connectivity index (χ0v) is 19.0. The largest absolute Gasteiger partial charge is 0.325 e. The van der Waals surface area contributed by atoms with Crippen molar-refractivity contribution in [3.63, 3.8) is 0 Å². The van der Waals surface area contributed by atoms with E-state index in [-0.39, 0.29) is 11.3 Å². The van der Waals surface area contributed by atoms with E-state index in [0.29, 0.717) is 0 Å². The van der Waals surface area contributed by atoms with Gasteiger partial charge in [-0.15, -0.1) is 0 Å². The molecule has 5 rings (SSSR count). The molecule has 1 N–H and O–H groups in total. The number of hydrogen-bond acceptors (Lipinski definition) is 4. The summed E-state index contributed by atoms with van der Waals surface area (Å²) in [6.07, 6.45) is 10.8. The maximum Gasteiger partial charge on any atom is 0.230 e. The van der Waals surface area contributed by atoms with Crippen LogP contribution in [0.2, 0.25) is 0 Å². The van der Waals surface area contributed by atoms with E-state index in [1.807, 2.05) is 42.6 Å². The highest BCUT2D eigenvalue weighted by molar-refractivity contribution is 6.03. The monoisotopic (exact) mass is 438 g/mol. The Morgan fingerprint density at radius 1 is 1.12 bits per heavy atom. The Morgan fingerprint density at radius 3 is 2.85 bits per heavy atom.